The third kappa shape index (κ3) is 3.15. The predicted octanol–water partition coefficient (Wildman–Crippen LogP) is 9.35. The van der Waals surface area contributed by atoms with Gasteiger partial charge >= 0.3 is 0 Å². The van der Waals surface area contributed by atoms with Crippen LogP contribution in [-0.2, 0) is 5.41 Å². The van der Waals surface area contributed by atoms with Gasteiger partial charge in [-0.25, -0.2) is 0 Å². The summed E-state index contributed by atoms with van der Waals surface area (Å²) in [6.45, 7) is 6.91. The van der Waals surface area contributed by atoms with E-state index in [9.17, 15) is 0 Å². The van der Waals surface area contributed by atoms with Gasteiger partial charge in [-0.05, 0) is 68.2 Å². The van der Waals surface area contributed by atoms with Crippen LogP contribution in [0.3, 0.4) is 0 Å². The first kappa shape index (κ1) is 19.8. The van der Waals surface area contributed by atoms with Gasteiger partial charge in [-0.1, -0.05) is 99.6 Å². The van der Waals surface area contributed by atoms with Gasteiger partial charge in [-0.15, -0.1) is 0 Å². The quantitative estimate of drug-likeness (QED) is 0.255. The molecule has 0 bridgehead atoms. The number of nitrogens with zero attached hydrogens (tertiary/aromatic N) is 1. The molecule has 0 saturated heterocycles. The zero-order chi connectivity index (χ0) is 22.6. The normalized spacial score (nSPS) is 12.1. The van der Waals surface area contributed by atoms with Crippen molar-refractivity contribution in [3.63, 3.8) is 0 Å². The Morgan fingerprint density at radius 3 is 1.55 bits per heavy atom. The van der Waals surface area contributed by atoms with Crippen LogP contribution in [0.25, 0.3) is 32.3 Å². The minimum atomic E-state index is 0.0885. The Hall–Kier alpha value is -3.84. The Kier molecular flexibility index (Phi) is 4.41. The second-order valence-corrected chi connectivity index (χ2v) is 9.88. The fourth-order valence-corrected chi connectivity index (χ4v) is 5.22. The molecule has 6 aromatic carbocycles. The molecule has 0 amide bonds. The molecule has 0 N–H and O–H groups in total. The van der Waals surface area contributed by atoms with Crippen molar-refractivity contribution in [2.24, 2.45) is 0 Å². The maximum absolute atomic E-state index is 2.37. The van der Waals surface area contributed by atoms with Crippen LogP contribution in [-0.4, -0.2) is 0 Å². The van der Waals surface area contributed by atoms with Gasteiger partial charge in [0.05, 0.1) is 5.69 Å². The van der Waals surface area contributed by atoms with Crippen LogP contribution in [0.5, 0.6) is 0 Å². The number of hydrogen-bond donors (Lipinski definition) is 0. The van der Waals surface area contributed by atoms with E-state index in [0.717, 1.165) is 11.4 Å². The van der Waals surface area contributed by atoms with E-state index in [1.165, 1.54) is 43.6 Å². The first-order chi connectivity index (χ1) is 16.0. The molecule has 0 aliphatic heterocycles. The molecule has 0 radical (unpaired) electrons. The van der Waals surface area contributed by atoms with Gasteiger partial charge in [0.15, 0.2) is 0 Å². The van der Waals surface area contributed by atoms with Crippen LogP contribution < -0.4 is 4.90 Å². The van der Waals surface area contributed by atoms with Gasteiger partial charge in [-0.2, -0.15) is 0 Å². The average molecular weight is 426 g/mol. The molecule has 0 atom stereocenters. The Morgan fingerprint density at radius 2 is 0.970 bits per heavy atom. The highest BCUT2D eigenvalue weighted by Gasteiger charge is 2.21. The lowest BCUT2D eigenvalue weighted by Gasteiger charge is -2.28. The Bertz CT molecular complexity index is 1530. The molecular formula is C32H27N. The maximum atomic E-state index is 2.37. The summed E-state index contributed by atoms with van der Waals surface area (Å²) < 4.78 is 0. The second-order valence-electron chi connectivity index (χ2n) is 9.88. The van der Waals surface area contributed by atoms with E-state index in [1.807, 2.05) is 0 Å². The fraction of sp³-hybridized carbons (Fsp3) is 0.125. The van der Waals surface area contributed by atoms with E-state index < -0.39 is 0 Å². The molecule has 0 unspecified atom stereocenters. The van der Waals surface area contributed by atoms with Crippen molar-refractivity contribution in [3.05, 3.63) is 115 Å². The Morgan fingerprint density at radius 1 is 0.485 bits per heavy atom. The molecule has 33 heavy (non-hydrogen) atoms. The lowest BCUT2D eigenvalue weighted by atomic mass is 9.81. The maximum Gasteiger partial charge on any atom is 0.0540 e. The predicted molar refractivity (Wildman–Crippen MR) is 144 cm³/mol. The van der Waals surface area contributed by atoms with Crippen molar-refractivity contribution in [1.82, 2.24) is 0 Å². The van der Waals surface area contributed by atoms with E-state index in [0.29, 0.717) is 0 Å². The molecule has 0 fully saturated rings. The van der Waals surface area contributed by atoms with Crippen LogP contribution >= 0.6 is 0 Å². The molecule has 0 saturated carbocycles. The van der Waals surface area contributed by atoms with Crippen LogP contribution in [0, 0.1) is 0 Å². The molecule has 6 rings (SSSR count). The number of rotatable bonds is 3. The van der Waals surface area contributed by atoms with E-state index in [-0.39, 0.29) is 5.41 Å². The summed E-state index contributed by atoms with van der Waals surface area (Å²) >= 11 is 0. The van der Waals surface area contributed by atoms with Crippen molar-refractivity contribution < 1.29 is 0 Å². The molecule has 0 spiro atoms. The van der Waals surface area contributed by atoms with Gasteiger partial charge in [0, 0.05) is 16.8 Å². The minimum Gasteiger partial charge on any atom is -0.310 e. The molecule has 0 heterocycles. The molecular weight excluding hydrogens is 398 g/mol. The van der Waals surface area contributed by atoms with Gasteiger partial charge in [0.1, 0.15) is 0 Å². The fourth-order valence-electron chi connectivity index (χ4n) is 5.22. The van der Waals surface area contributed by atoms with Crippen molar-refractivity contribution in [1.29, 1.82) is 0 Å². The summed E-state index contributed by atoms with van der Waals surface area (Å²) in [5.74, 6) is 0. The summed E-state index contributed by atoms with van der Waals surface area (Å²) in [6.07, 6.45) is 0. The summed E-state index contributed by atoms with van der Waals surface area (Å²) in [7, 11) is 0. The highest BCUT2D eigenvalue weighted by molar-refractivity contribution is 6.26. The van der Waals surface area contributed by atoms with Gasteiger partial charge < -0.3 is 4.90 Å². The largest absolute Gasteiger partial charge is 0.310 e. The lowest BCUT2D eigenvalue weighted by Crippen LogP contribution is -2.12. The van der Waals surface area contributed by atoms with Crippen LogP contribution in [0.1, 0.15) is 26.3 Å². The topological polar surface area (TPSA) is 3.24 Å². The molecule has 160 valence electrons. The molecule has 6 aromatic rings. The summed E-state index contributed by atoms with van der Waals surface area (Å²) in [6, 6.07) is 39.7. The van der Waals surface area contributed by atoms with E-state index >= 15 is 0 Å². The Labute approximate surface area is 195 Å². The number of hydrogen-bond acceptors (Lipinski definition) is 1. The molecule has 0 aliphatic carbocycles. The monoisotopic (exact) mass is 425 g/mol. The van der Waals surface area contributed by atoms with Gasteiger partial charge in [0.25, 0.3) is 0 Å². The van der Waals surface area contributed by atoms with Gasteiger partial charge in [-0.3, -0.25) is 0 Å². The number of para-hydroxylation sites is 2. The van der Waals surface area contributed by atoms with Crippen LogP contribution in [0.15, 0.2) is 109 Å². The first-order valence-corrected chi connectivity index (χ1v) is 11.6. The highest BCUT2D eigenvalue weighted by atomic mass is 15.1. The molecule has 0 aromatic heterocycles. The zero-order valence-electron chi connectivity index (χ0n) is 19.3. The first-order valence-electron chi connectivity index (χ1n) is 11.6. The zero-order valence-corrected chi connectivity index (χ0v) is 19.3. The second kappa shape index (κ2) is 7.35. The SMILES string of the molecule is CC(C)(C)c1ccc2ccc3c(N(c4ccccc4)c4ccccc4)ccc4ccc1c2c43. The van der Waals surface area contributed by atoms with E-state index in [1.54, 1.807) is 0 Å². The van der Waals surface area contributed by atoms with Crippen LogP contribution in [0.2, 0.25) is 0 Å². The van der Waals surface area contributed by atoms with Crippen molar-refractivity contribution in [2.75, 3.05) is 4.90 Å². The van der Waals surface area contributed by atoms with Crippen molar-refractivity contribution in [3.8, 4) is 0 Å². The van der Waals surface area contributed by atoms with E-state index in [2.05, 4.69) is 135 Å². The molecule has 1 heteroatoms. The third-order valence-electron chi connectivity index (χ3n) is 6.72. The third-order valence-corrected chi connectivity index (χ3v) is 6.72. The van der Waals surface area contributed by atoms with E-state index in [4.69, 9.17) is 0 Å². The smallest absolute Gasteiger partial charge is 0.0540 e. The van der Waals surface area contributed by atoms with Gasteiger partial charge in [0.2, 0.25) is 0 Å². The standard InChI is InChI=1S/C32H27N/c1-32(2,3)28-20-16-22-15-19-27-29(21-17-23-14-18-26(28)30(22)31(23)27)33(24-10-6-4-7-11-24)25-12-8-5-9-13-25/h4-21H,1-3H3. The van der Waals surface area contributed by atoms with Crippen molar-refractivity contribution >= 4 is 49.4 Å². The average Bonchev–Trinajstić information content (AvgIpc) is 2.84. The van der Waals surface area contributed by atoms with Crippen molar-refractivity contribution in [2.45, 2.75) is 26.2 Å². The minimum absolute atomic E-state index is 0.0885. The number of benzene rings is 6. The highest BCUT2D eigenvalue weighted by Crippen LogP contribution is 2.45. The number of anilines is 3. The summed E-state index contributed by atoms with van der Waals surface area (Å²) in [5.41, 5.74) is 5.02. The Balaban J connectivity index is 1.72. The summed E-state index contributed by atoms with van der Waals surface area (Å²) in [5, 5.41) is 7.97. The molecule has 0 aliphatic rings. The van der Waals surface area contributed by atoms with Crippen LogP contribution in [0.4, 0.5) is 17.1 Å². The summed E-state index contributed by atoms with van der Waals surface area (Å²) in [4.78, 5) is 2.37. The lowest BCUT2D eigenvalue weighted by molar-refractivity contribution is 0.596. The molecule has 1 nitrogen and oxygen atoms in total.